The number of hydrogen-bond donors (Lipinski definition) is 2. The predicted octanol–water partition coefficient (Wildman–Crippen LogP) is 0.672. The maximum atomic E-state index is 11.8. The van der Waals surface area contributed by atoms with Gasteiger partial charge in [0, 0.05) is 31.2 Å². The Kier molecular flexibility index (Phi) is 4.75. The highest BCUT2D eigenvalue weighted by Gasteiger charge is 2.31. The Morgan fingerprint density at radius 2 is 2.10 bits per heavy atom. The third kappa shape index (κ3) is 3.17. The van der Waals surface area contributed by atoms with Gasteiger partial charge in [-0.2, -0.15) is 0 Å². The molecular formula is C15H24N4O. The van der Waals surface area contributed by atoms with Gasteiger partial charge in [0.25, 0.3) is 5.91 Å². The summed E-state index contributed by atoms with van der Waals surface area (Å²) in [5.74, 6) is 5.66. The number of nitrogen functional groups attached to an aromatic ring is 1. The van der Waals surface area contributed by atoms with Crippen molar-refractivity contribution in [3.05, 3.63) is 35.4 Å². The highest BCUT2D eigenvalue weighted by Crippen LogP contribution is 2.22. The van der Waals surface area contributed by atoms with Crippen LogP contribution in [-0.2, 0) is 6.54 Å². The van der Waals surface area contributed by atoms with Crippen LogP contribution in [0.5, 0.6) is 0 Å². The molecule has 0 aromatic heterocycles. The number of amides is 1. The van der Waals surface area contributed by atoms with Crippen LogP contribution in [0.4, 0.5) is 0 Å². The number of carbonyl (C=O) groups is 1. The minimum Gasteiger partial charge on any atom is -0.305 e. The molecule has 0 bridgehead atoms. The molecule has 110 valence electrons. The highest BCUT2D eigenvalue weighted by molar-refractivity contribution is 5.95. The van der Waals surface area contributed by atoms with Gasteiger partial charge in [0.1, 0.15) is 0 Å². The van der Waals surface area contributed by atoms with Crippen molar-refractivity contribution in [2.75, 3.05) is 27.2 Å². The average Bonchev–Trinajstić information content (AvgIpc) is 2.79. The molecular weight excluding hydrogens is 252 g/mol. The van der Waals surface area contributed by atoms with E-state index in [1.165, 1.54) is 0 Å². The summed E-state index contributed by atoms with van der Waals surface area (Å²) in [5.41, 5.74) is 3.91. The zero-order valence-corrected chi connectivity index (χ0v) is 12.5. The van der Waals surface area contributed by atoms with Crippen LogP contribution in [0.25, 0.3) is 0 Å². The van der Waals surface area contributed by atoms with Gasteiger partial charge < -0.3 is 4.90 Å². The van der Waals surface area contributed by atoms with E-state index in [1.54, 1.807) is 0 Å². The summed E-state index contributed by atoms with van der Waals surface area (Å²) in [7, 11) is 4.25. The van der Waals surface area contributed by atoms with Gasteiger partial charge in [-0.15, -0.1) is 0 Å². The number of rotatable bonds is 4. The summed E-state index contributed by atoms with van der Waals surface area (Å²) in [6, 6.07) is 8.22. The Hall–Kier alpha value is -1.43. The fourth-order valence-corrected chi connectivity index (χ4v) is 3.05. The molecule has 2 atom stereocenters. The van der Waals surface area contributed by atoms with Crippen molar-refractivity contribution in [2.45, 2.75) is 19.5 Å². The molecule has 0 radical (unpaired) electrons. The van der Waals surface area contributed by atoms with Gasteiger partial charge >= 0.3 is 0 Å². The molecule has 5 heteroatoms. The first kappa shape index (κ1) is 15.0. The number of hydrogen-bond acceptors (Lipinski definition) is 4. The van der Waals surface area contributed by atoms with Crippen molar-refractivity contribution >= 4 is 5.91 Å². The Balaban J connectivity index is 2.10. The van der Waals surface area contributed by atoms with Crippen LogP contribution in [0.15, 0.2) is 24.3 Å². The number of nitrogens with one attached hydrogen (secondary N) is 1. The van der Waals surface area contributed by atoms with Crippen molar-refractivity contribution in [3.8, 4) is 0 Å². The third-order valence-corrected chi connectivity index (χ3v) is 4.10. The molecule has 1 aliphatic heterocycles. The van der Waals surface area contributed by atoms with E-state index in [0.717, 1.165) is 25.2 Å². The molecule has 1 aromatic rings. The van der Waals surface area contributed by atoms with Gasteiger partial charge in [-0.3, -0.25) is 15.1 Å². The molecule has 1 heterocycles. The summed E-state index contributed by atoms with van der Waals surface area (Å²) >= 11 is 0. The Morgan fingerprint density at radius 1 is 1.40 bits per heavy atom. The van der Waals surface area contributed by atoms with Crippen LogP contribution in [-0.4, -0.2) is 48.9 Å². The van der Waals surface area contributed by atoms with E-state index < -0.39 is 0 Å². The van der Waals surface area contributed by atoms with Gasteiger partial charge in [-0.25, -0.2) is 5.84 Å². The van der Waals surface area contributed by atoms with Crippen molar-refractivity contribution < 1.29 is 4.79 Å². The molecule has 0 aliphatic carbocycles. The fourth-order valence-electron chi connectivity index (χ4n) is 3.05. The van der Waals surface area contributed by atoms with E-state index in [4.69, 9.17) is 5.84 Å². The molecule has 3 N–H and O–H groups in total. The van der Waals surface area contributed by atoms with Crippen LogP contribution >= 0.6 is 0 Å². The molecule has 1 fully saturated rings. The molecule has 5 nitrogen and oxygen atoms in total. The molecule has 1 aliphatic rings. The summed E-state index contributed by atoms with van der Waals surface area (Å²) in [6.45, 7) is 5.16. The Morgan fingerprint density at radius 3 is 2.70 bits per heavy atom. The number of nitrogens with two attached hydrogens (primary N) is 1. The molecule has 0 spiro atoms. The van der Waals surface area contributed by atoms with Gasteiger partial charge in [0.05, 0.1) is 0 Å². The SMILES string of the molecule is CC1CN(Cc2ccccc2C(=O)NN)CC1N(C)C. The van der Waals surface area contributed by atoms with Gasteiger partial charge in [-0.05, 0) is 31.6 Å². The van der Waals surface area contributed by atoms with Crippen molar-refractivity contribution in [2.24, 2.45) is 11.8 Å². The maximum Gasteiger partial charge on any atom is 0.265 e. The smallest absolute Gasteiger partial charge is 0.265 e. The lowest BCUT2D eigenvalue weighted by atomic mass is 10.1. The molecule has 1 saturated heterocycles. The van der Waals surface area contributed by atoms with E-state index in [2.05, 4.69) is 36.2 Å². The molecule has 20 heavy (non-hydrogen) atoms. The first-order valence-electron chi connectivity index (χ1n) is 7.00. The number of carbonyl (C=O) groups excluding carboxylic acids is 1. The summed E-state index contributed by atoms with van der Waals surface area (Å²) in [4.78, 5) is 16.5. The quantitative estimate of drug-likeness (QED) is 0.482. The van der Waals surface area contributed by atoms with Crippen molar-refractivity contribution in [1.82, 2.24) is 15.2 Å². The standard InChI is InChI=1S/C15H24N4O/c1-11-8-19(10-14(11)18(2)3)9-12-6-4-5-7-13(12)15(20)17-16/h4-7,11,14H,8-10,16H2,1-3H3,(H,17,20). The van der Waals surface area contributed by atoms with Crippen LogP contribution in [0, 0.1) is 5.92 Å². The summed E-state index contributed by atoms with van der Waals surface area (Å²) in [5, 5.41) is 0. The topological polar surface area (TPSA) is 61.6 Å². The van der Waals surface area contributed by atoms with E-state index in [1.807, 2.05) is 24.3 Å². The van der Waals surface area contributed by atoms with Crippen molar-refractivity contribution in [1.29, 1.82) is 0 Å². The normalized spacial score (nSPS) is 23.2. The highest BCUT2D eigenvalue weighted by atomic mass is 16.2. The molecule has 1 aromatic carbocycles. The van der Waals surface area contributed by atoms with E-state index >= 15 is 0 Å². The lowest BCUT2D eigenvalue weighted by Crippen LogP contribution is -2.34. The minimum absolute atomic E-state index is 0.225. The van der Waals surface area contributed by atoms with E-state index in [-0.39, 0.29) is 5.91 Å². The number of hydrazine groups is 1. The van der Waals surface area contributed by atoms with E-state index in [9.17, 15) is 4.79 Å². The molecule has 0 saturated carbocycles. The van der Waals surface area contributed by atoms with Crippen LogP contribution in [0.2, 0.25) is 0 Å². The first-order chi connectivity index (χ1) is 9.52. The summed E-state index contributed by atoms with van der Waals surface area (Å²) < 4.78 is 0. The van der Waals surface area contributed by atoms with Crippen LogP contribution < -0.4 is 11.3 Å². The third-order valence-electron chi connectivity index (χ3n) is 4.10. The molecule has 2 rings (SSSR count). The largest absolute Gasteiger partial charge is 0.305 e. The zero-order valence-electron chi connectivity index (χ0n) is 12.5. The first-order valence-corrected chi connectivity index (χ1v) is 7.00. The molecule has 2 unspecified atom stereocenters. The zero-order chi connectivity index (χ0) is 14.7. The monoisotopic (exact) mass is 276 g/mol. The molecule has 1 amide bonds. The van der Waals surface area contributed by atoms with Crippen LogP contribution in [0.1, 0.15) is 22.8 Å². The second-order valence-electron chi connectivity index (χ2n) is 5.83. The average molecular weight is 276 g/mol. The second kappa shape index (κ2) is 6.35. The summed E-state index contributed by atoms with van der Waals surface area (Å²) in [6.07, 6.45) is 0. The lowest BCUT2D eigenvalue weighted by Gasteiger charge is -2.22. The maximum absolute atomic E-state index is 11.8. The van der Waals surface area contributed by atoms with Crippen LogP contribution in [0.3, 0.4) is 0 Å². The van der Waals surface area contributed by atoms with E-state index in [0.29, 0.717) is 17.5 Å². The second-order valence-corrected chi connectivity index (χ2v) is 5.83. The Bertz CT molecular complexity index is 475. The fraction of sp³-hybridized carbons (Fsp3) is 0.533. The van der Waals surface area contributed by atoms with Gasteiger partial charge in [-0.1, -0.05) is 25.1 Å². The number of nitrogens with zero attached hydrogens (tertiary/aromatic N) is 2. The van der Waals surface area contributed by atoms with Gasteiger partial charge in [0.2, 0.25) is 0 Å². The number of likely N-dealkylation sites (N-methyl/N-ethyl adjacent to an activating group) is 1. The lowest BCUT2D eigenvalue weighted by molar-refractivity contribution is 0.0951. The minimum atomic E-state index is -0.225. The van der Waals surface area contributed by atoms with Crippen molar-refractivity contribution in [3.63, 3.8) is 0 Å². The number of likely N-dealkylation sites (tertiary alicyclic amines) is 1. The Labute approximate surface area is 120 Å². The predicted molar refractivity (Wildman–Crippen MR) is 80.0 cm³/mol. The van der Waals surface area contributed by atoms with Gasteiger partial charge in [0.15, 0.2) is 0 Å². The number of benzene rings is 1.